The van der Waals surface area contributed by atoms with Crippen LogP contribution < -0.4 is 0 Å². The fraction of sp³-hybridized carbons (Fsp3) is 0.474. The quantitative estimate of drug-likeness (QED) is 0.616. The second-order valence-electron chi connectivity index (χ2n) is 6.50. The van der Waals surface area contributed by atoms with Crippen molar-refractivity contribution >= 4 is 18.0 Å². The number of carbonyl (C=O) groups is 2. The number of methoxy groups -OCH3 is 2. The number of rotatable bonds is 4. The van der Waals surface area contributed by atoms with Gasteiger partial charge in [-0.25, -0.2) is 0 Å². The van der Waals surface area contributed by atoms with E-state index in [1.165, 1.54) is 14.2 Å². The standard InChI is InChI=1S/C19H23NO5/c1-13(11-14-7-5-4-6-8-14)16-19(17(21)23-2,18(22)24-3)12-15-9-10-25-20(15)16/h4-8,11,15-16H,9-10,12H2,1-3H3/b13-11+/t15-,16-/m0/s1. The number of fused-ring (bicyclic) bond motifs is 1. The molecule has 1 aromatic carbocycles. The maximum absolute atomic E-state index is 12.7. The summed E-state index contributed by atoms with van der Waals surface area (Å²) < 4.78 is 10.0. The Morgan fingerprint density at radius 2 is 1.84 bits per heavy atom. The van der Waals surface area contributed by atoms with E-state index in [1.54, 1.807) is 5.06 Å². The van der Waals surface area contributed by atoms with E-state index in [-0.39, 0.29) is 6.04 Å². The molecule has 2 fully saturated rings. The van der Waals surface area contributed by atoms with Crippen LogP contribution in [0.2, 0.25) is 0 Å². The number of benzene rings is 1. The lowest BCUT2D eigenvalue weighted by Gasteiger charge is -2.33. The molecule has 25 heavy (non-hydrogen) atoms. The first kappa shape index (κ1) is 17.6. The highest BCUT2D eigenvalue weighted by molar-refractivity contribution is 6.02. The highest BCUT2D eigenvalue weighted by Gasteiger charge is 2.65. The number of hydrogen-bond acceptors (Lipinski definition) is 6. The molecule has 0 radical (unpaired) electrons. The summed E-state index contributed by atoms with van der Waals surface area (Å²) >= 11 is 0. The van der Waals surface area contributed by atoms with Gasteiger partial charge in [-0.1, -0.05) is 42.0 Å². The van der Waals surface area contributed by atoms with Crippen molar-refractivity contribution in [2.75, 3.05) is 20.8 Å². The Balaban J connectivity index is 2.08. The van der Waals surface area contributed by atoms with Gasteiger partial charge >= 0.3 is 11.9 Å². The summed E-state index contributed by atoms with van der Waals surface area (Å²) in [5, 5.41) is 1.78. The van der Waals surface area contributed by atoms with Crippen molar-refractivity contribution in [2.24, 2.45) is 5.41 Å². The molecule has 1 aromatic rings. The largest absolute Gasteiger partial charge is 0.468 e. The molecule has 0 aromatic heterocycles. The minimum absolute atomic E-state index is 0.0117. The second-order valence-corrected chi connectivity index (χ2v) is 6.50. The van der Waals surface area contributed by atoms with Gasteiger partial charge in [0.25, 0.3) is 0 Å². The van der Waals surface area contributed by atoms with E-state index >= 15 is 0 Å². The summed E-state index contributed by atoms with van der Waals surface area (Å²) in [6.07, 6.45) is 3.07. The highest BCUT2D eigenvalue weighted by atomic mass is 16.7. The third-order valence-corrected chi connectivity index (χ3v) is 5.05. The molecule has 3 rings (SSSR count). The maximum Gasteiger partial charge on any atom is 0.325 e. The highest BCUT2D eigenvalue weighted by Crippen LogP contribution is 2.49. The zero-order chi connectivity index (χ0) is 18.0. The Labute approximate surface area is 147 Å². The van der Waals surface area contributed by atoms with E-state index in [0.717, 1.165) is 17.6 Å². The van der Waals surface area contributed by atoms with Crippen LogP contribution in [0.15, 0.2) is 35.9 Å². The van der Waals surface area contributed by atoms with Crippen molar-refractivity contribution in [1.82, 2.24) is 5.06 Å². The van der Waals surface area contributed by atoms with E-state index in [2.05, 4.69) is 0 Å². The van der Waals surface area contributed by atoms with Crippen molar-refractivity contribution in [3.63, 3.8) is 0 Å². The van der Waals surface area contributed by atoms with Crippen molar-refractivity contribution in [1.29, 1.82) is 0 Å². The van der Waals surface area contributed by atoms with Crippen LogP contribution >= 0.6 is 0 Å². The summed E-state index contributed by atoms with van der Waals surface area (Å²) in [4.78, 5) is 31.2. The Bertz CT molecular complexity index is 668. The predicted octanol–water partition coefficient (Wildman–Crippen LogP) is 2.20. The Hall–Kier alpha value is -2.18. The molecule has 0 bridgehead atoms. The monoisotopic (exact) mass is 345 g/mol. The minimum atomic E-state index is -1.41. The van der Waals surface area contributed by atoms with Crippen LogP contribution in [0.1, 0.15) is 25.3 Å². The summed E-state index contributed by atoms with van der Waals surface area (Å²) in [5.41, 5.74) is 0.432. The molecule has 0 aliphatic carbocycles. The molecule has 134 valence electrons. The molecule has 0 spiro atoms. The Morgan fingerprint density at radius 1 is 1.20 bits per heavy atom. The first-order valence-electron chi connectivity index (χ1n) is 8.36. The minimum Gasteiger partial charge on any atom is -0.468 e. The first-order chi connectivity index (χ1) is 12.0. The van der Waals surface area contributed by atoms with E-state index in [1.807, 2.05) is 43.3 Å². The fourth-order valence-electron chi connectivity index (χ4n) is 4.02. The normalized spacial score (nSPS) is 25.5. The van der Waals surface area contributed by atoms with Crippen LogP contribution in [0.3, 0.4) is 0 Å². The van der Waals surface area contributed by atoms with Gasteiger partial charge in [0.05, 0.1) is 26.9 Å². The first-order valence-corrected chi connectivity index (χ1v) is 8.36. The molecule has 0 saturated carbocycles. The van der Waals surface area contributed by atoms with E-state index in [0.29, 0.717) is 13.0 Å². The van der Waals surface area contributed by atoms with Gasteiger partial charge in [-0.3, -0.25) is 14.4 Å². The molecule has 6 nitrogen and oxygen atoms in total. The molecule has 2 aliphatic rings. The summed E-state index contributed by atoms with van der Waals surface area (Å²) in [7, 11) is 2.59. The van der Waals surface area contributed by atoms with Gasteiger partial charge in [-0.2, -0.15) is 5.06 Å². The molecule has 2 saturated heterocycles. The van der Waals surface area contributed by atoms with Crippen molar-refractivity contribution in [3.05, 3.63) is 41.5 Å². The predicted molar refractivity (Wildman–Crippen MR) is 91.2 cm³/mol. The zero-order valence-electron chi connectivity index (χ0n) is 14.7. The molecule has 0 unspecified atom stereocenters. The fourth-order valence-corrected chi connectivity index (χ4v) is 4.02. The molecule has 2 aliphatic heterocycles. The summed E-state index contributed by atoms with van der Waals surface area (Å²) in [6, 6.07) is 9.20. The van der Waals surface area contributed by atoms with Gasteiger partial charge in [0.2, 0.25) is 0 Å². The van der Waals surface area contributed by atoms with Gasteiger partial charge in [0.1, 0.15) is 0 Å². The number of hydrogen-bond donors (Lipinski definition) is 0. The molecule has 2 atom stereocenters. The van der Waals surface area contributed by atoms with E-state index in [4.69, 9.17) is 14.3 Å². The van der Waals surface area contributed by atoms with Crippen LogP contribution in [-0.4, -0.2) is 49.9 Å². The Morgan fingerprint density at radius 3 is 2.44 bits per heavy atom. The third kappa shape index (κ3) is 2.85. The Kier molecular flexibility index (Phi) is 4.92. The van der Waals surface area contributed by atoms with Crippen LogP contribution in [0.25, 0.3) is 6.08 Å². The summed E-state index contributed by atoms with van der Waals surface area (Å²) in [6.45, 7) is 2.49. The molecule has 2 heterocycles. The molecular formula is C19H23NO5. The lowest BCUT2D eigenvalue weighted by molar-refractivity contribution is -0.182. The molecular weight excluding hydrogens is 322 g/mol. The maximum atomic E-state index is 12.7. The smallest absolute Gasteiger partial charge is 0.325 e. The van der Waals surface area contributed by atoms with Crippen molar-refractivity contribution < 1.29 is 23.9 Å². The third-order valence-electron chi connectivity index (χ3n) is 5.05. The second kappa shape index (κ2) is 6.98. The molecule has 6 heteroatoms. The van der Waals surface area contributed by atoms with Crippen LogP contribution in [0, 0.1) is 5.41 Å². The van der Waals surface area contributed by atoms with E-state index < -0.39 is 23.4 Å². The molecule has 0 N–H and O–H groups in total. The SMILES string of the molecule is COC(=O)C1(C(=O)OC)C[C@@H]2CCON2[C@H]1/C(C)=C/c1ccccc1. The van der Waals surface area contributed by atoms with Crippen LogP contribution in [-0.2, 0) is 23.9 Å². The number of esters is 2. The number of nitrogens with zero attached hydrogens (tertiary/aromatic N) is 1. The number of carbonyl (C=O) groups excluding carboxylic acids is 2. The van der Waals surface area contributed by atoms with Crippen molar-refractivity contribution in [3.8, 4) is 0 Å². The number of hydroxylamine groups is 2. The van der Waals surface area contributed by atoms with Gasteiger partial charge in [-0.15, -0.1) is 0 Å². The van der Waals surface area contributed by atoms with Gasteiger partial charge < -0.3 is 9.47 Å². The average Bonchev–Trinajstić information content (AvgIpc) is 3.20. The lowest BCUT2D eigenvalue weighted by Crippen LogP contribution is -2.51. The molecule has 0 amide bonds. The van der Waals surface area contributed by atoms with E-state index in [9.17, 15) is 9.59 Å². The number of ether oxygens (including phenoxy) is 2. The zero-order valence-corrected chi connectivity index (χ0v) is 14.7. The lowest BCUT2D eigenvalue weighted by atomic mass is 9.76. The van der Waals surface area contributed by atoms with Crippen LogP contribution in [0.4, 0.5) is 0 Å². The van der Waals surface area contributed by atoms with Crippen molar-refractivity contribution in [2.45, 2.75) is 31.8 Å². The van der Waals surface area contributed by atoms with Gasteiger partial charge in [-0.05, 0) is 25.3 Å². The average molecular weight is 345 g/mol. The summed E-state index contributed by atoms with van der Waals surface area (Å²) in [5.74, 6) is -1.16. The van der Waals surface area contributed by atoms with Crippen LogP contribution in [0.5, 0.6) is 0 Å². The van der Waals surface area contributed by atoms with Gasteiger partial charge in [0.15, 0.2) is 5.41 Å². The topological polar surface area (TPSA) is 65.1 Å². The van der Waals surface area contributed by atoms with Gasteiger partial charge in [0, 0.05) is 6.04 Å².